The third kappa shape index (κ3) is 5.26. The highest BCUT2D eigenvalue weighted by Gasteiger charge is 2.15. The van der Waals surface area contributed by atoms with Gasteiger partial charge in [0.2, 0.25) is 0 Å². The Morgan fingerprint density at radius 3 is 1.89 bits per heavy atom. The molecule has 5 heteroatoms. The molecule has 0 aliphatic rings. The van der Waals surface area contributed by atoms with Crippen molar-refractivity contribution in [3.63, 3.8) is 0 Å². The van der Waals surface area contributed by atoms with E-state index in [4.69, 9.17) is 14.2 Å². The molecule has 0 amide bonds. The van der Waals surface area contributed by atoms with E-state index in [1.165, 1.54) is 6.92 Å². The van der Waals surface area contributed by atoms with Crippen LogP contribution in [0.3, 0.4) is 0 Å². The second-order valence-electron chi connectivity index (χ2n) is 4.66. The van der Waals surface area contributed by atoms with E-state index in [9.17, 15) is 4.79 Å². The zero-order valence-corrected chi connectivity index (χ0v) is 14.0. The van der Waals surface area contributed by atoms with Gasteiger partial charge in [0, 0.05) is 19.1 Å². The van der Waals surface area contributed by atoms with Crippen molar-refractivity contribution in [1.29, 1.82) is 0 Å². The molecule has 106 valence electrons. The van der Waals surface area contributed by atoms with Gasteiger partial charge in [-0.15, -0.1) is 0 Å². The summed E-state index contributed by atoms with van der Waals surface area (Å²) in [5, 5.41) is 0. The Labute approximate surface area is 127 Å². The molecule has 0 heterocycles. The summed E-state index contributed by atoms with van der Waals surface area (Å²) in [6.45, 7) is 9.14. The topological polar surface area (TPSA) is 44.8 Å². The standard InChI is InChI=1S/C14H19IO4/c1-8(2)17-13-6-11(15)12(19-10(5)16)7-14(13)18-9(3)4/h6-9H,1-5H3. The van der Waals surface area contributed by atoms with E-state index in [-0.39, 0.29) is 18.2 Å². The molecule has 0 atom stereocenters. The van der Waals surface area contributed by atoms with Gasteiger partial charge in [-0.3, -0.25) is 4.79 Å². The monoisotopic (exact) mass is 378 g/mol. The first-order chi connectivity index (χ1) is 8.79. The molecule has 1 rings (SSSR count). The van der Waals surface area contributed by atoms with E-state index < -0.39 is 0 Å². The van der Waals surface area contributed by atoms with Crippen LogP contribution in [0.25, 0.3) is 0 Å². The molecule has 0 aliphatic carbocycles. The predicted octanol–water partition coefficient (Wildman–Crippen LogP) is 3.79. The number of esters is 1. The zero-order chi connectivity index (χ0) is 14.6. The van der Waals surface area contributed by atoms with Gasteiger partial charge < -0.3 is 14.2 Å². The lowest BCUT2D eigenvalue weighted by atomic mass is 10.3. The van der Waals surface area contributed by atoms with E-state index in [1.54, 1.807) is 6.07 Å². The predicted molar refractivity (Wildman–Crippen MR) is 82.0 cm³/mol. The maximum Gasteiger partial charge on any atom is 0.308 e. The molecule has 1 aromatic rings. The second kappa shape index (κ2) is 6.98. The maximum atomic E-state index is 11.1. The molecule has 0 saturated carbocycles. The molecule has 0 aliphatic heterocycles. The van der Waals surface area contributed by atoms with Crippen molar-refractivity contribution < 1.29 is 19.0 Å². The highest BCUT2D eigenvalue weighted by Crippen LogP contribution is 2.37. The summed E-state index contributed by atoms with van der Waals surface area (Å²) in [6.07, 6.45) is 0.0599. The van der Waals surface area contributed by atoms with E-state index in [0.29, 0.717) is 17.2 Å². The fraction of sp³-hybridized carbons (Fsp3) is 0.500. The van der Waals surface area contributed by atoms with Gasteiger partial charge in [-0.05, 0) is 50.3 Å². The minimum Gasteiger partial charge on any atom is -0.487 e. The minimum absolute atomic E-state index is 0.0137. The molecular formula is C14H19IO4. The van der Waals surface area contributed by atoms with E-state index in [2.05, 4.69) is 22.6 Å². The summed E-state index contributed by atoms with van der Waals surface area (Å²) >= 11 is 2.10. The third-order valence-electron chi connectivity index (χ3n) is 1.98. The SMILES string of the molecule is CC(=O)Oc1cc(OC(C)C)c(OC(C)C)cc1I. The average Bonchev–Trinajstić information content (AvgIpc) is 2.22. The fourth-order valence-corrected chi connectivity index (χ4v) is 1.99. The molecule has 0 bridgehead atoms. The highest BCUT2D eigenvalue weighted by atomic mass is 127. The van der Waals surface area contributed by atoms with Crippen LogP contribution in [-0.2, 0) is 4.79 Å². The summed E-state index contributed by atoms with van der Waals surface area (Å²) in [7, 11) is 0. The summed E-state index contributed by atoms with van der Waals surface area (Å²) in [5.41, 5.74) is 0. The summed E-state index contributed by atoms with van der Waals surface area (Å²) in [4.78, 5) is 11.1. The summed E-state index contributed by atoms with van der Waals surface area (Å²) < 4.78 is 17.4. The number of rotatable bonds is 5. The van der Waals surface area contributed by atoms with Crippen molar-refractivity contribution in [2.75, 3.05) is 0 Å². The van der Waals surface area contributed by atoms with Gasteiger partial charge in [0.15, 0.2) is 11.5 Å². The largest absolute Gasteiger partial charge is 0.487 e. The first-order valence-corrected chi connectivity index (χ1v) is 7.22. The van der Waals surface area contributed by atoms with Crippen LogP contribution in [0.5, 0.6) is 17.2 Å². The van der Waals surface area contributed by atoms with Gasteiger partial charge in [0.05, 0.1) is 15.8 Å². The molecule has 0 spiro atoms. The average molecular weight is 378 g/mol. The van der Waals surface area contributed by atoms with Crippen molar-refractivity contribution in [2.24, 2.45) is 0 Å². The van der Waals surface area contributed by atoms with Crippen LogP contribution < -0.4 is 14.2 Å². The number of carbonyl (C=O) groups excluding carboxylic acids is 1. The molecule has 4 nitrogen and oxygen atoms in total. The molecule has 0 saturated heterocycles. The fourth-order valence-electron chi connectivity index (χ4n) is 1.44. The van der Waals surface area contributed by atoms with E-state index in [1.807, 2.05) is 33.8 Å². The lowest BCUT2D eigenvalue weighted by molar-refractivity contribution is -0.131. The zero-order valence-electron chi connectivity index (χ0n) is 11.8. The van der Waals surface area contributed by atoms with Crippen molar-refractivity contribution in [1.82, 2.24) is 0 Å². The number of ether oxygens (including phenoxy) is 3. The van der Waals surface area contributed by atoms with Crippen molar-refractivity contribution in [3.8, 4) is 17.2 Å². The molecule has 0 aromatic heterocycles. The number of hydrogen-bond acceptors (Lipinski definition) is 4. The van der Waals surface area contributed by atoms with Gasteiger partial charge in [-0.25, -0.2) is 0 Å². The van der Waals surface area contributed by atoms with Crippen molar-refractivity contribution >= 4 is 28.6 Å². The Bertz CT molecular complexity index is 455. The molecule has 19 heavy (non-hydrogen) atoms. The summed E-state index contributed by atoms with van der Waals surface area (Å²) in [6, 6.07) is 3.51. The number of benzene rings is 1. The van der Waals surface area contributed by atoms with Crippen LogP contribution >= 0.6 is 22.6 Å². The normalized spacial score (nSPS) is 10.7. The maximum absolute atomic E-state index is 11.1. The van der Waals surface area contributed by atoms with Crippen LogP contribution in [-0.4, -0.2) is 18.2 Å². The number of hydrogen-bond donors (Lipinski definition) is 0. The molecular weight excluding hydrogens is 359 g/mol. The number of halogens is 1. The van der Waals surface area contributed by atoms with Crippen LogP contribution in [0.2, 0.25) is 0 Å². The van der Waals surface area contributed by atoms with Gasteiger partial charge in [0.1, 0.15) is 5.75 Å². The Hall–Kier alpha value is -0.980. The Morgan fingerprint density at radius 2 is 1.47 bits per heavy atom. The molecule has 0 fully saturated rings. The van der Waals surface area contributed by atoms with Crippen LogP contribution in [0.15, 0.2) is 12.1 Å². The van der Waals surface area contributed by atoms with Crippen LogP contribution in [0, 0.1) is 3.57 Å². The highest BCUT2D eigenvalue weighted by molar-refractivity contribution is 14.1. The summed E-state index contributed by atoms with van der Waals surface area (Å²) in [5.74, 6) is 1.37. The Kier molecular flexibility index (Phi) is 5.90. The van der Waals surface area contributed by atoms with Gasteiger partial charge in [-0.1, -0.05) is 0 Å². The van der Waals surface area contributed by atoms with Crippen LogP contribution in [0.4, 0.5) is 0 Å². The molecule has 0 N–H and O–H groups in total. The molecule has 1 aromatic carbocycles. The Morgan fingerprint density at radius 1 is 1.00 bits per heavy atom. The van der Waals surface area contributed by atoms with Crippen molar-refractivity contribution in [2.45, 2.75) is 46.8 Å². The number of carbonyl (C=O) groups is 1. The smallest absolute Gasteiger partial charge is 0.308 e. The molecule has 0 unspecified atom stereocenters. The minimum atomic E-state index is -0.356. The quantitative estimate of drug-likeness (QED) is 0.444. The van der Waals surface area contributed by atoms with Crippen LogP contribution in [0.1, 0.15) is 34.6 Å². The lowest BCUT2D eigenvalue weighted by Gasteiger charge is -2.18. The third-order valence-corrected chi connectivity index (χ3v) is 2.82. The lowest BCUT2D eigenvalue weighted by Crippen LogP contribution is -2.12. The van der Waals surface area contributed by atoms with Gasteiger partial charge >= 0.3 is 5.97 Å². The first kappa shape index (κ1) is 16.1. The van der Waals surface area contributed by atoms with Gasteiger partial charge in [0.25, 0.3) is 0 Å². The van der Waals surface area contributed by atoms with Gasteiger partial charge in [-0.2, -0.15) is 0 Å². The van der Waals surface area contributed by atoms with E-state index >= 15 is 0 Å². The van der Waals surface area contributed by atoms with E-state index in [0.717, 1.165) is 3.57 Å². The second-order valence-corrected chi connectivity index (χ2v) is 5.82. The Balaban J connectivity index is 3.15. The van der Waals surface area contributed by atoms with Crippen molar-refractivity contribution in [3.05, 3.63) is 15.7 Å². The molecule has 0 radical (unpaired) electrons. The first-order valence-electron chi connectivity index (χ1n) is 6.15.